The molecule has 1 amide bonds. The number of anilines is 1. The Hall–Kier alpha value is -2.57. The van der Waals surface area contributed by atoms with Crippen LogP contribution in [-0.4, -0.2) is 23.8 Å². The van der Waals surface area contributed by atoms with Gasteiger partial charge in [-0.25, -0.2) is 4.98 Å². The number of nitrogens with one attached hydrogen (secondary N) is 1. The molecule has 130 valence electrons. The summed E-state index contributed by atoms with van der Waals surface area (Å²) < 4.78 is 6.69. The van der Waals surface area contributed by atoms with Crippen molar-refractivity contribution in [3.63, 3.8) is 0 Å². The third-order valence-electron chi connectivity index (χ3n) is 3.94. The van der Waals surface area contributed by atoms with Crippen LogP contribution in [0.25, 0.3) is 21.0 Å². The van der Waals surface area contributed by atoms with Crippen LogP contribution in [0.5, 0.6) is 5.75 Å². The zero-order valence-corrected chi connectivity index (χ0v) is 15.7. The molecule has 4 aromatic rings. The lowest BCUT2D eigenvalue weighted by atomic mass is 10.1. The van der Waals surface area contributed by atoms with E-state index in [1.54, 1.807) is 11.8 Å². The number of fused-ring (bicyclic) bond motifs is 2. The van der Waals surface area contributed by atoms with Crippen molar-refractivity contribution in [1.29, 1.82) is 0 Å². The highest BCUT2D eigenvalue weighted by molar-refractivity contribution is 7.98. The molecule has 0 radical (unpaired) electrons. The number of rotatable bonds is 5. The highest BCUT2D eigenvalue weighted by Crippen LogP contribution is 2.32. The van der Waals surface area contributed by atoms with Crippen LogP contribution in [0.2, 0.25) is 0 Å². The molecule has 0 fully saturated rings. The minimum absolute atomic E-state index is 0.0519. The predicted octanol–water partition coefficient (Wildman–Crippen LogP) is 5.19. The van der Waals surface area contributed by atoms with E-state index in [2.05, 4.69) is 10.3 Å². The predicted molar refractivity (Wildman–Crippen MR) is 109 cm³/mol. The molecule has 0 aliphatic heterocycles. The van der Waals surface area contributed by atoms with Gasteiger partial charge in [0.25, 0.3) is 5.91 Å². The Morgan fingerprint density at radius 1 is 1.12 bits per heavy atom. The minimum atomic E-state index is -0.220. The van der Waals surface area contributed by atoms with E-state index in [0.29, 0.717) is 10.9 Å². The Kier molecular flexibility index (Phi) is 4.77. The Morgan fingerprint density at radius 2 is 1.96 bits per heavy atom. The van der Waals surface area contributed by atoms with Crippen molar-refractivity contribution in [3.8, 4) is 5.75 Å². The summed E-state index contributed by atoms with van der Waals surface area (Å²) in [5.41, 5.74) is 0.927. The Labute approximate surface area is 159 Å². The molecule has 1 aromatic heterocycles. The van der Waals surface area contributed by atoms with E-state index in [4.69, 9.17) is 4.74 Å². The molecule has 0 spiro atoms. The fourth-order valence-corrected chi connectivity index (χ4v) is 4.24. The van der Waals surface area contributed by atoms with Crippen LogP contribution < -0.4 is 10.1 Å². The lowest BCUT2D eigenvalue weighted by Gasteiger charge is -2.07. The van der Waals surface area contributed by atoms with Crippen molar-refractivity contribution in [2.75, 3.05) is 18.2 Å². The second-order valence-electron chi connectivity index (χ2n) is 5.67. The fraction of sp³-hybridized carbons (Fsp3) is 0.100. The maximum absolute atomic E-state index is 12.2. The van der Waals surface area contributed by atoms with Gasteiger partial charge >= 0.3 is 0 Å². The average molecular weight is 380 g/mol. The van der Waals surface area contributed by atoms with E-state index in [1.165, 1.54) is 11.3 Å². The van der Waals surface area contributed by atoms with Gasteiger partial charge in [0.15, 0.2) is 11.7 Å². The van der Waals surface area contributed by atoms with Crippen LogP contribution in [-0.2, 0) is 4.79 Å². The molecule has 4 rings (SSSR count). The molecular weight excluding hydrogens is 364 g/mol. The number of carbonyl (C=O) groups is 1. The van der Waals surface area contributed by atoms with E-state index in [-0.39, 0.29) is 12.5 Å². The largest absolute Gasteiger partial charge is 0.484 e. The number of hydrogen-bond donors (Lipinski definition) is 1. The summed E-state index contributed by atoms with van der Waals surface area (Å²) in [6.07, 6.45) is 2.02. The van der Waals surface area contributed by atoms with Gasteiger partial charge in [-0.05, 0) is 41.3 Å². The number of amides is 1. The molecule has 0 atom stereocenters. The van der Waals surface area contributed by atoms with Crippen molar-refractivity contribution in [2.24, 2.45) is 0 Å². The molecule has 1 heterocycles. The number of benzene rings is 3. The first kappa shape index (κ1) is 16.9. The summed E-state index contributed by atoms with van der Waals surface area (Å²) in [6.45, 7) is -0.0519. The molecule has 6 heteroatoms. The molecule has 0 aliphatic carbocycles. The van der Waals surface area contributed by atoms with Crippen molar-refractivity contribution < 1.29 is 9.53 Å². The van der Waals surface area contributed by atoms with E-state index in [0.717, 1.165) is 25.9 Å². The standard InChI is InChI=1S/C20H16N2O2S2/c1-25-16-7-4-8-17-19(16)22-20(26-17)21-18(23)12-24-15-10-9-13-5-2-3-6-14(13)11-15/h2-11H,12H2,1H3,(H,21,22,23). The Balaban J connectivity index is 1.43. The minimum Gasteiger partial charge on any atom is -0.484 e. The molecule has 1 N–H and O–H groups in total. The number of para-hydroxylation sites is 1. The number of nitrogens with zero attached hydrogens (tertiary/aromatic N) is 1. The average Bonchev–Trinajstić information content (AvgIpc) is 3.08. The van der Waals surface area contributed by atoms with Crippen LogP contribution in [0.4, 0.5) is 5.13 Å². The molecule has 0 saturated heterocycles. The van der Waals surface area contributed by atoms with Gasteiger partial charge in [-0.2, -0.15) is 0 Å². The van der Waals surface area contributed by atoms with E-state index in [9.17, 15) is 4.79 Å². The number of thiazole rings is 1. The Morgan fingerprint density at radius 3 is 2.81 bits per heavy atom. The van der Waals surface area contributed by atoms with E-state index < -0.39 is 0 Å². The van der Waals surface area contributed by atoms with Crippen LogP contribution in [0.15, 0.2) is 65.6 Å². The second-order valence-corrected chi connectivity index (χ2v) is 7.55. The van der Waals surface area contributed by atoms with Crippen LogP contribution >= 0.6 is 23.1 Å². The Bertz CT molecular complexity index is 1090. The summed E-state index contributed by atoms with van der Waals surface area (Å²) in [4.78, 5) is 17.8. The van der Waals surface area contributed by atoms with Crippen molar-refractivity contribution in [2.45, 2.75) is 4.90 Å². The maximum Gasteiger partial charge on any atom is 0.264 e. The number of carbonyl (C=O) groups excluding carboxylic acids is 1. The molecule has 4 nitrogen and oxygen atoms in total. The third kappa shape index (κ3) is 3.52. The van der Waals surface area contributed by atoms with Crippen molar-refractivity contribution >= 4 is 55.1 Å². The summed E-state index contributed by atoms with van der Waals surface area (Å²) >= 11 is 3.11. The van der Waals surface area contributed by atoms with Gasteiger partial charge in [-0.3, -0.25) is 10.1 Å². The van der Waals surface area contributed by atoms with E-state index in [1.807, 2.05) is 66.9 Å². The van der Waals surface area contributed by atoms with Gasteiger partial charge in [0, 0.05) is 4.90 Å². The summed E-state index contributed by atoms with van der Waals surface area (Å²) in [6, 6.07) is 19.9. The van der Waals surface area contributed by atoms with Gasteiger partial charge in [-0.1, -0.05) is 47.7 Å². The summed E-state index contributed by atoms with van der Waals surface area (Å²) in [5, 5.41) is 5.64. The molecule has 3 aromatic carbocycles. The van der Waals surface area contributed by atoms with Crippen LogP contribution in [0, 0.1) is 0 Å². The van der Waals surface area contributed by atoms with Gasteiger partial charge in [-0.15, -0.1) is 11.8 Å². The monoisotopic (exact) mass is 380 g/mol. The van der Waals surface area contributed by atoms with Crippen LogP contribution in [0.3, 0.4) is 0 Å². The maximum atomic E-state index is 12.2. The van der Waals surface area contributed by atoms with Crippen molar-refractivity contribution in [1.82, 2.24) is 4.98 Å². The molecule has 0 unspecified atom stereocenters. The fourth-order valence-electron chi connectivity index (χ4n) is 2.70. The normalized spacial score (nSPS) is 11.0. The topological polar surface area (TPSA) is 51.2 Å². The lowest BCUT2D eigenvalue weighted by Crippen LogP contribution is -2.19. The smallest absolute Gasteiger partial charge is 0.264 e. The molecule has 0 bridgehead atoms. The molecular formula is C20H16N2O2S2. The van der Waals surface area contributed by atoms with Gasteiger partial charge in [0.05, 0.1) is 10.2 Å². The number of thioether (sulfide) groups is 1. The second kappa shape index (κ2) is 7.35. The zero-order valence-electron chi connectivity index (χ0n) is 14.1. The van der Waals surface area contributed by atoms with Gasteiger partial charge < -0.3 is 4.74 Å². The quantitative estimate of drug-likeness (QED) is 0.484. The highest BCUT2D eigenvalue weighted by Gasteiger charge is 2.11. The zero-order chi connectivity index (χ0) is 17.9. The molecule has 0 saturated carbocycles. The SMILES string of the molecule is CSc1cccc2sc(NC(=O)COc3ccc4ccccc4c3)nc12. The summed E-state index contributed by atoms with van der Waals surface area (Å²) in [7, 11) is 0. The lowest BCUT2D eigenvalue weighted by molar-refractivity contribution is -0.118. The summed E-state index contributed by atoms with van der Waals surface area (Å²) in [5.74, 6) is 0.454. The number of ether oxygens (including phenoxy) is 1. The van der Waals surface area contributed by atoms with Gasteiger partial charge in [0.1, 0.15) is 5.75 Å². The van der Waals surface area contributed by atoms with Gasteiger partial charge in [0.2, 0.25) is 0 Å². The molecule has 26 heavy (non-hydrogen) atoms. The highest BCUT2D eigenvalue weighted by atomic mass is 32.2. The molecule has 0 aliphatic rings. The van der Waals surface area contributed by atoms with Crippen molar-refractivity contribution in [3.05, 3.63) is 60.7 Å². The number of hydrogen-bond acceptors (Lipinski definition) is 5. The first-order chi connectivity index (χ1) is 12.7. The number of aromatic nitrogens is 1. The van der Waals surface area contributed by atoms with Crippen LogP contribution in [0.1, 0.15) is 0 Å². The third-order valence-corrected chi connectivity index (χ3v) is 5.64. The van der Waals surface area contributed by atoms with E-state index >= 15 is 0 Å². The first-order valence-electron chi connectivity index (χ1n) is 8.08. The first-order valence-corrected chi connectivity index (χ1v) is 10.1.